The van der Waals surface area contributed by atoms with Crippen molar-refractivity contribution >= 4 is 5.91 Å². The molecule has 6 nitrogen and oxygen atoms in total. The van der Waals surface area contributed by atoms with Crippen molar-refractivity contribution in [3.05, 3.63) is 11.7 Å². The molecule has 0 aliphatic rings. The van der Waals surface area contributed by atoms with Gasteiger partial charge in [-0.25, -0.2) is 0 Å². The fraction of sp³-hybridized carbons (Fsp3) is 0.625. The number of hydrogen-bond acceptors (Lipinski definition) is 5. The molecule has 4 N–H and O–H groups in total. The molecule has 0 spiro atoms. The van der Waals surface area contributed by atoms with E-state index in [1.165, 1.54) is 0 Å². The second kappa shape index (κ2) is 4.71. The van der Waals surface area contributed by atoms with Gasteiger partial charge in [0.15, 0.2) is 0 Å². The van der Waals surface area contributed by atoms with E-state index in [9.17, 15) is 4.79 Å². The molecule has 1 amide bonds. The lowest BCUT2D eigenvalue weighted by Crippen LogP contribution is -2.14. The highest BCUT2D eigenvalue weighted by molar-refractivity contribution is 5.88. The van der Waals surface area contributed by atoms with E-state index in [-0.39, 0.29) is 11.9 Å². The quantitative estimate of drug-likeness (QED) is 0.683. The summed E-state index contributed by atoms with van der Waals surface area (Å²) >= 11 is 0. The number of amides is 1. The number of primary amides is 1. The molecule has 1 unspecified atom stereocenters. The highest BCUT2D eigenvalue weighted by Crippen LogP contribution is 2.03. The van der Waals surface area contributed by atoms with Crippen molar-refractivity contribution in [3.8, 4) is 0 Å². The molecule has 1 aromatic rings. The van der Waals surface area contributed by atoms with Crippen LogP contribution in [-0.2, 0) is 6.42 Å². The van der Waals surface area contributed by atoms with E-state index in [0.29, 0.717) is 12.3 Å². The van der Waals surface area contributed by atoms with E-state index >= 15 is 0 Å². The SMILES string of the molecule is CC(N)CCCc1nc(C(N)=O)no1. The first-order valence-corrected chi connectivity index (χ1v) is 4.47. The van der Waals surface area contributed by atoms with Gasteiger partial charge in [-0.1, -0.05) is 5.16 Å². The van der Waals surface area contributed by atoms with Crippen molar-refractivity contribution in [2.24, 2.45) is 11.5 Å². The first-order valence-electron chi connectivity index (χ1n) is 4.47. The fourth-order valence-electron chi connectivity index (χ4n) is 1.03. The van der Waals surface area contributed by atoms with Crippen molar-refractivity contribution in [2.75, 3.05) is 0 Å². The first kappa shape index (κ1) is 10.6. The monoisotopic (exact) mass is 198 g/mol. The van der Waals surface area contributed by atoms with Crippen LogP contribution < -0.4 is 11.5 Å². The largest absolute Gasteiger partial charge is 0.363 e. The lowest BCUT2D eigenvalue weighted by atomic mass is 10.1. The normalized spacial score (nSPS) is 12.7. The third-order valence-corrected chi connectivity index (χ3v) is 1.74. The van der Waals surface area contributed by atoms with Gasteiger partial charge in [-0.2, -0.15) is 4.98 Å². The van der Waals surface area contributed by atoms with Gasteiger partial charge in [0.25, 0.3) is 11.7 Å². The Morgan fingerprint density at radius 3 is 2.86 bits per heavy atom. The predicted octanol–water partition coefficient (Wildman–Crippen LogP) is -0.162. The molecule has 0 aromatic carbocycles. The van der Waals surface area contributed by atoms with Gasteiger partial charge in [-0.3, -0.25) is 4.79 Å². The van der Waals surface area contributed by atoms with Gasteiger partial charge in [0.05, 0.1) is 0 Å². The smallest absolute Gasteiger partial charge is 0.290 e. The Hall–Kier alpha value is -1.43. The molecule has 6 heteroatoms. The Bertz CT molecular complexity index is 308. The number of aryl methyl sites for hydroxylation is 1. The Labute approximate surface area is 81.6 Å². The van der Waals surface area contributed by atoms with E-state index in [1.807, 2.05) is 6.92 Å². The Morgan fingerprint density at radius 2 is 2.36 bits per heavy atom. The molecule has 1 rings (SSSR count). The minimum absolute atomic E-state index is 0.0687. The van der Waals surface area contributed by atoms with Gasteiger partial charge in [-0.05, 0) is 19.8 Å². The van der Waals surface area contributed by atoms with Crippen molar-refractivity contribution in [1.29, 1.82) is 0 Å². The molecular weight excluding hydrogens is 184 g/mol. The topological polar surface area (TPSA) is 108 Å². The lowest BCUT2D eigenvalue weighted by molar-refractivity contribution is 0.0987. The fourth-order valence-corrected chi connectivity index (χ4v) is 1.03. The summed E-state index contributed by atoms with van der Waals surface area (Å²) in [6.45, 7) is 1.93. The number of carbonyl (C=O) groups excluding carboxylic acids is 1. The van der Waals surface area contributed by atoms with Crippen LogP contribution in [0.3, 0.4) is 0 Å². The molecule has 1 aromatic heterocycles. The highest BCUT2D eigenvalue weighted by Gasteiger charge is 2.10. The standard InChI is InChI=1S/C8H14N4O2/c1-5(9)3-2-4-6-11-8(7(10)13)12-14-6/h5H,2-4,9H2,1H3,(H2,10,13). The molecule has 14 heavy (non-hydrogen) atoms. The van der Waals surface area contributed by atoms with E-state index in [4.69, 9.17) is 16.0 Å². The summed E-state index contributed by atoms with van der Waals surface area (Å²) in [6, 6.07) is 0.161. The molecule has 1 atom stereocenters. The van der Waals surface area contributed by atoms with Crippen LogP contribution in [0.4, 0.5) is 0 Å². The molecule has 1 heterocycles. The zero-order chi connectivity index (χ0) is 10.6. The summed E-state index contributed by atoms with van der Waals surface area (Å²) in [5.41, 5.74) is 10.5. The third-order valence-electron chi connectivity index (χ3n) is 1.74. The van der Waals surface area contributed by atoms with Crippen LogP contribution in [-0.4, -0.2) is 22.1 Å². The molecule has 0 saturated carbocycles. The van der Waals surface area contributed by atoms with Crippen LogP contribution in [0.25, 0.3) is 0 Å². The van der Waals surface area contributed by atoms with Crippen LogP contribution in [0.1, 0.15) is 36.3 Å². The van der Waals surface area contributed by atoms with Gasteiger partial charge in [0, 0.05) is 12.5 Å². The maximum absolute atomic E-state index is 10.6. The number of nitrogens with two attached hydrogens (primary N) is 2. The number of hydrogen-bond donors (Lipinski definition) is 2. The molecule has 0 aliphatic carbocycles. The average molecular weight is 198 g/mol. The Morgan fingerprint density at radius 1 is 1.64 bits per heavy atom. The zero-order valence-electron chi connectivity index (χ0n) is 8.06. The Balaban J connectivity index is 2.40. The maximum atomic E-state index is 10.6. The summed E-state index contributed by atoms with van der Waals surface area (Å²) in [7, 11) is 0. The number of carbonyl (C=O) groups is 1. The predicted molar refractivity (Wildman–Crippen MR) is 49.4 cm³/mol. The van der Waals surface area contributed by atoms with Crippen LogP contribution in [0, 0.1) is 0 Å². The van der Waals surface area contributed by atoms with Gasteiger partial charge >= 0.3 is 0 Å². The van der Waals surface area contributed by atoms with Crippen molar-refractivity contribution in [2.45, 2.75) is 32.2 Å². The van der Waals surface area contributed by atoms with Gasteiger partial charge in [0.2, 0.25) is 5.89 Å². The average Bonchev–Trinajstić information content (AvgIpc) is 2.52. The minimum Gasteiger partial charge on any atom is -0.363 e. The lowest BCUT2D eigenvalue weighted by Gasteiger charge is -2.00. The van der Waals surface area contributed by atoms with E-state index in [2.05, 4.69) is 10.1 Å². The summed E-state index contributed by atoms with van der Waals surface area (Å²) in [6.07, 6.45) is 2.37. The minimum atomic E-state index is -0.674. The summed E-state index contributed by atoms with van der Waals surface area (Å²) in [5, 5.41) is 3.42. The molecule has 78 valence electrons. The molecule has 0 radical (unpaired) electrons. The van der Waals surface area contributed by atoms with Crippen LogP contribution in [0.2, 0.25) is 0 Å². The van der Waals surface area contributed by atoms with Gasteiger partial charge in [0.1, 0.15) is 0 Å². The molecule has 0 bridgehead atoms. The number of rotatable bonds is 5. The van der Waals surface area contributed by atoms with E-state index in [1.54, 1.807) is 0 Å². The van der Waals surface area contributed by atoms with E-state index in [0.717, 1.165) is 12.8 Å². The molecule has 0 saturated heterocycles. The zero-order valence-corrected chi connectivity index (χ0v) is 8.06. The number of aromatic nitrogens is 2. The second-order valence-electron chi connectivity index (χ2n) is 3.25. The first-order chi connectivity index (χ1) is 6.59. The van der Waals surface area contributed by atoms with Crippen LogP contribution in [0.15, 0.2) is 4.52 Å². The molecule has 0 fully saturated rings. The van der Waals surface area contributed by atoms with Crippen LogP contribution in [0.5, 0.6) is 0 Å². The summed E-state index contributed by atoms with van der Waals surface area (Å²) < 4.78 is 4.80. The second-order valence-corrected chi connectivity index (χ2v) is 3.25. The highest BCUT2D eigenvalue weighted by atomic mass is 16.5. The Kier molecular flexibility index (Phi) is 3.58. The van der Waals surface area contributed by atoms with Crippen molar-refractivity contribution < 1.29 is 9.32 Å². The van der Waals surface area contributed by atoms with Crippen molar-refractivity contribution in [1.82, 2.24) is 10.1 Å². The summed E-state index contributed by atoms with van der Waals surface area (Å²) in [5.74, 6) is -0.313. The van der Waals surface area contributed by atoms with Gasteiger partial charge < -0.3 is 16.0 Å². The summed E-state index contributed by atoms with van der Waals surface area (Å²) in [4.78, 5) is 14.4. The van der Waals surface area contributed by atoms with Crippen molar-refractivity contribution in [3.63, 3.8) is 0 Å². The van der Waals surface area contributed by atoms with Gasteiger partial charge in [-0.15, -0.1) is 0 Å². The molecule has 0 aliphatic heterocycles. The molecular formula is C8H14N4O2. The van der Waals surface area contributed by atoms with Crippen LogP contribution >= 0.6 is 0 Å². The third kappa shape index (κ3) is 3.14. The van der Waals surface area contributed by atoms with E-state index < -0.39 is 5.91 Å². The number of nitrogens with zero attached hydrogens (tertiary/aromatic N) is 2. The maximum Gasteiger partial charge on any atom is 0.290 e.